The summed E-state index contributed by atoms with van der Waals surface area (Å²) in [5.74, 6) is 0.393. The van der Waals surface area contributed by atoms with Crippen molar-refractivity contribution in [2.45, 2.75) is 172 Å². The number of aryl methyl sites for hydroxylation is 10. The highest BCUT2D eigenvalue weighted by atomic mass is 14.9. The summed E-state index contributed by atoms with van der Waals surface area (Å²) in [6.07, 6.45) is 17.0. The summed E-state index contributed by atoms with van der Waals surface area (Å²) in [4.78, 5) is 0. The van der Waals surface area contributed by atoms with Crippen LogP contribution in [0.5, 0.6) is 0 Å². The Hall–Kier alpha value is -6.52. The molecule has 0 radical (unpaired) electrons. The Balaban J connectivity index is 0.000000196. The van der Waals surface area contributed by atoms with Gasteiger partial charge in [-0.25, -0.2) is 18.3 Å². The normalized spacial score (nSPS) is 11.7. The molecule has 0 unspecified atom stereocenters. The van der Waals surface area contributed by atoms with Gasteiger partial charge in [-0.05, 0) is 186 Å². The van der Waals surface area contributed by atoms with E-state index in [1.165, 1.54) is 115 Å². The predicted molar refractivity (Wildman–Crippen MR) is 334 cm³/mol. The van der Waals surface area contributed by atoms with E-state index in [4.69, 9.17) is 2.74 Å². The second kappa shape index (κ2) is 30.6. The minimum absolute atomic E-state index is 0.470. The van der Waals surface area contributed by atoms with Crippen molar-refractivity contribution in [2.75, 3.05) is 0 Å². The molecule has 0 aliphatic heterocycles. The Bertz CT molecular complexity index is 3260. The van der Waals surface area contributed by atoms with Crippen LogP contribution in [0, 0.1) is 41.5 Å². The topological polar surface area (TPSA) is 15.5 Å². The average molecular weight is 1050 g/mol. The van der Waals surface area contributed by atoms with Gasteiger partial charge in [0, 0.05) is 72.0 Å². The Morgan fingerprint density at radius 2 is 0.679 bits per heavy atom. The highest BCUT2D eigenvalue weighted by Gasteiger charge is 2.22. The third-order valence-corrected chi connectivity index (χ3v) is 16.4. The van der Waals surface area contributed by atoms with Crippen LogP contribution in [0.2, 0.25) is 0 Å². The summed E-state index contributed by atoms with van der Waals surface area (Å²) in [5, 5.41) is 0. The van der Waals surface area contributed by atoms with Crippen molar-refractivity contribution in [3.8, 4) is 45.0 Å². The monoisotopic (exact) mass is 1050 g/mol. The zero-order valence-corrected chi connectivity index (χ0v) is 51.6. The molecule has 412 valence electrons. The average Bonchev–Trinajstić information content (AvgIpc) is 3.55. The molecule has 78 heavy (non-hydrogen) atoms. The number of hydrogen-bond donors (Lipinski definition) is 0. The van der Waals surface area contributed by atoms with Gasteiger partial charge in [-0.1, -0.05) is 128 Å². The van der Waals surface area contributed by atoms with E-state index in [-0.39, 0.29) is 0 Å². The van der Waals surface area contributed by atoms with Gasteiger partial charge < -0.3 is 0 Å². The molecule has 0 aliphatic rings. The molecular formula is C74H100N4+4. The third kappa shape index (κ3) is 15.8. The Morgan fingerprint density at radius 3 is 1.06 bits per heavy atom. The van der Waals surface area contributed by atoms with Gasteiger partial charge in [0.1, 0.15) is 28.2 Å². The molecule has 0 aliphatic carbocycles. The van der Waals surface area contributed by atoms with Gasteiger partial charge >= 0.3 is 0 Å². The first-order valence-corrected chi connectivity index (χ1v) is 29.4. The first-order chi connectivity index (χ1) is 38.2. The van der Waals surface area contributed by atoms with Crippen molar-refractivity contribution in [3.63, 3.8) is 0 Å². The molecule has 4 aromatic carbocycles. The minimum Gasteiger partial charge on any atom is -0.201 e. The summed E-state index contributed by atoms with van der Waals surface area (Å²) in [6, 6.07) is 47.6. The molecule has 4 nitrogen and oxygen atoms in total. The maximum Gasteiger partial charge on any atom is 0.212 e. The molecular weight excluding hydrogens is 945 g/mol. The van der Waals surface area contributed by atoms with Crippen LogP contribution in [0.1, 0.15) is 189 Å². The predicted octanol–water partition coefficient (Wildman–Crippen LogP) is 18.2. The molecule has 0 amide bonds. The maximum atomic E-state index is 8.70. The number of hydrogen-bond acceptors (Lipinski definition) is 0. The zero-order chi connectivity index (χ0) is 58.9. The lowest BCUT2D eigenvalue weighted by molar-refractivity contribution is -0.661. The Labute approximate surface area is 477 Å². The van der Waals surface area contributed by atoms with Gasteiger partial charge in [0.15, 0.2) is 24.8 Å². The third-order valence-electron chi connectivity index (χ3n) is 16.4. The fourth-order valence-corrected chi connectivity index (χ4v) is 11.3. The number of rotatable bonds is 16. The first-order valence-electron chi connectivity index (χ1n) is 30.4. The smallest absolute Gasteiger partial charge is 0.201 e. The van der Waals surface area contributed by atoms with Crippen LogP contribution in [-0.2, 0) is 28.2 Å². The van der Waals surface area contributed by atoms with E-state index in [9.17, 15) is 0 Å². The van der Waals surface area contributed by atoms with Gasteiger partial charge in [-0.2, -0.15) is 0 Å². The molecule has 0 N–H and O–H groups in total. The van der Waals surface area contributed by atoms with Crippen molar-refractivity contribution >= 4 is 0 Å². The summed E-state index contributed by atoms with van der Waals surface area (Å²) in [6.45, 7) is 30.5. The quantitative estimate of drug-likeness (QED) is 0.0857. The van der Waals surface area contributed by atoms with Crippen molar-refractivity contribution in [3.05, 3.63) is 214 Å². The second-order valence-corrected chi connectivity index (χ2v) is 21.6. The van der Waals surface area contributed by atoms with Gasteiger partial charge in [0.2, 0.25) is 22.8 Å². The molecule has 0 spiro atoms. The van der Waals surface area contributed by atoms with Crippen LogP contribution in [0.25, 0.3) is 45.0 Å². The largest absolute Gasteiger partial charge is 0.212 e. The van der Waals surface area contributed by atoms with Crippen LogP contribution < -0.4 is 18.3 Å². The van der Waals surface area contributed by atoms with Gasteiger partial charge in [-0.15, -0.1) is 0 Å². The molecule has 0 saturated heterocycles. The van der Waals surface area contributed by atoms with E-state index in [1.54, 1.807) is 0 Å². The van der Waals surface area contributed by atoms with Crippen molar-refractivity contribution in [1.29, 1.82) is 0 Å². The zero-order valence-electron chi connectivity index (χ0n) is 53.6. The van der Waals surface area contributed by atoms with E-state index >= 15 is 0 Å². The van der Waals surface area contributed by atoms with E-state index in [2.05, 4.69) is 302 Å². The molecule has 0 atom stereocenters. The van der Waals surface area contributed by atoms with Crippen LogP contribution in [-0.4, -0.2) is 0 Å². The SMILES string of the molecule is CCC(CC)c1c[n+](C)c(-c2ccccc2C)cc1C.CCC(CC)c1cc[n+](C)c(-c2ccccc2C)c1.[2H]C(CC)(CC)c1c[n+](C)c(-c2ccccc2C)cc1C.[2H]C(CC)(CC)c1ccc(-c2ccccc2C)[n+](C)c1. The first kappa shape index (κ1) is 59.1. The Morgan fingerprint density at radius 1 is 0.321 bits per heavy atom. The van der Waals surface area contributed by atoms with E-state index in [1.807, 2.05) is 0 Å². The fraction of sp³-hybridized carbons (Fsp3) is 0.405. The lowest BCUT2D eigenvalue weighted by Crippen LogP contribution is -2.32. The molecule has 8 aromatic rings. The molecule has 0 bridgehead atoms. The highest BCUT2D eigenvalue weighted by molar-refractivity contribution is 5.64. The standard InChI is InChI=1S/2C19H26N.2C18H24N/c2*1-6-16(7-2)18-13-20(5)19(12-15(18)4)17-11-9-8-10-14(17)3;1-5-15(6-2)16-11-12-19(4)18(13-16)17-10-8-7-9-14(17)3;1-5-15(6-2)16-11-12-18(19(4)13-16)17-10-8-7-9-14(17)3/h2*8-13,16H,6-7H2,1-5H3;2*7-13,15H,5-6H2,1-4H3/q4*+1/i16D;;;15D. The lowest BCUT2D eigenvalue weighted by atomic mass is 9.91. The summed E-state index contributed by atoms with van der Waals surface area (Å²) >= 11 is 0. The number of aromatic nitrogens is 4. The van der Waals surface area contributed by atoms with Crippen LogP contribution in [0.4, 0.5) is 0 Å². The van der Waals surface area contributed by atoms with Gasteiger partial charge in [-0.3, -0.25) is 0 Å². The van der Waals surface area contributed by atoms with Crippen LogP contribution in [0.15, 0.2) is 158 Å². The van der Waals surface area contributed by atoms with Crippen molar-refractivity contribution in [2.24, 2.45) is 28.2 Å². The molecule has 4 heteroatoms. The Kier molecular flexibility index (Phi) is 23.2. The fourth-order valence-electron chi connectivity index (χ4n) is 11.3. The maximum absolute atomic E-state index is 8.70. The van der Waals surface area contributed by atoms with Gasteiger partial charge in [0.05, 0.1) is 0 Å². The number of pyridine rings is 4. The molecule has 4 heterocycles. The second-order valence-electron chi connectivity index (χ2n) is 21.6. The molecule has 8 rings (SSSR count). The number of nitrogens with zero attached hydrogens (tertiary/aromatic N) is 4. The molecule has 4 aromatic heterocycles. The van der Waals surface area contributed by atoms with Gasteiger partial charge in [0.25, 0.3) is 0 Å². The van der Waals surface area contributed by atoms with E-state index in [0.29, 0.717) is 11.8 Å². The van der Waals surface area contributed by atoms with Crippen LogP contribution >= 0.6 is 0 Å². The highest BCUT2D eigenvalue weighted by Crippen LogP contribution is 2.32. The lowest BCUT2D eigenvalue weighted by Gasteiger charge is -2.15. The molecule has 0 fully saturated rings. The van der Waals surface area contributed by atoms with E-state index in [0.717, 1.165) is 36.8 Å². The summed E-state index contributed by atoms with van der Waals surface area (Å²) in [5.41, 5.74) is 23.2. The minimum atomic E-state index is -0.480. The van der Waals surface area contributed by atoms with E-state index < -0.39 is 11.8 Å². The van der Waals surface area contributed by atoms with Crippen molar-refractivity contribution in [1.82, 2.24) is 0 Å². The summed E-state index contributed by atoms with van der Waals surface area (Å²) in [7, 11) is 8.43. The van der Waals surface area contributed by atoms with Crippen LogP contribution in [0.3, 0.4) is 0 Å². The summed E-state index contributed by atoms with van der Waals surface area (Å²) < 4.78 is 26.1. The molecule has 0 saturated carbocycles. The van der Waals surface area contributed by atoms with Crippen molar-refractivity contribution < 1.29 is 21.0 Å². The number of benzene rings is 4.